The SMILES string of the molecule is Cc1cccc(NS(=O)(=O)CCN2CCNCC2)c1Br. The molecular formula is C13H20BrN3O2S. The van der Waals surface area contributed by atoms with E-state index in [0.29, 0.717) is 12.2 Å². The van der Waals surface area contributed by atoms with Gasteiger partial charge in [0.1, 0.15) is 0 Å². The first kappa shape index (κ1) is 15.8. The number of anilines is 1. The summed E-state index contributed by atoms with van der Waals surface area (Å²) < 4.78 is 27.7. The van der Waals surface area contributed by atoms with Crippen molar-refractivity contribution in [2.24, 2.45) is 0 Å². The minimum absolute atomic E-state index is 0.118. The fourth-order valence-electron chi connectivity index (χ4n) is 2.13. The first-order chi connectivity index (χ1) is 9.48. The molecular weight excluding hydrogens is 342 g/mol. The molecule has 0 radical (unpaired) electrons. The van der Waals surface area contributed by atoms with Gasteiger partial charge in [0.15, 0.2) is 0 Å². The lowest BCUT2D eigenvalue weighted by molar-refractivity contribution is 0.254. The second kappa shape index (κ2) is 6.89. The molecule has 1 fully saturated rings. The van der Waals surface area contributed by atoms with E-state index in [4.69, 9.17) is 0 Å². The largest absolute Gasteiger partial charge is 0.314 e. The lowest BCUT2D eigenvalue weighted by Gasteiger charge is -2.27. The molecule has 1 aliphatic rings. The number of halogens is 1. The van der Waals surface area contributed by atoms with E-state index >= 15 is 0 Å². The van der Waals surface area contributed by atoms with Crippen molar-refractivity contribution in [3.05, 3.63) is 28.2 Å². The summed E-state index contributed by atoms with van der Waals surface area (Å²) in [7, 11) is -3.32. The molecule has 20 heavy (non-hydrogen) atoms. The zero-order chi connectivity index (χ0) is 14.6. The van der Waals surface area contributed by atoms with Gasteiger partial charge in [-0.3, -0.25) is 9.62 Å². The van der Waals surface area contributed by atoms with Gasteiger partial charge >= 0.3 is 0 Å². The topological polar surface area (TPSA) is 61.4 Å². The zero-order valence-corrected chi connectivity index (χ0v) is 13.9. The molecule has 0 spiro atoms. The van der Waals surface area contributed by atoms with Crippen LogP contribution in [-0.2, 0) is 10.0 Å². The van der Waals surface area contributed by atoms with E-state index in [9.17, 15) is 8.42 Å². The van der Waals surface area contributed by atoms with Gasteiger partial charge < -0.3 is 5.32 Å². The Morgan fingerprint density at radius 2 is 2.05 bits per heavy atom. The molecule has 2 N–H and O–H groups in total. The predicted molar refractivity (Wildman–Crippen MR) is 85.6 cm³/mol. The van der Waals surface area contributed by atoms with Crippen LogP contribution in [0.25, 0.3) is 0 Å². The fraction of sp³-hybridized carbons (Fsp3) is 0.538. The molecule has 0 unspecified atom stereocenters. The molecule has 0 aromatic heterocycles. The number of piperazine rings is 1. The van der Waals surface area contributed by atoms with Crippen LogP contribution in [-0.4, -0.2) is 51.8 Å². The smallest absolute Gasteiger partial charge is 0.234 e. The monoisotopic (exact) mass is 361 g/mol. The van der Waals surface area contributed by atoms with E-state index in [2.05, 4.69) is 30.9 Å². The summed E-state index contributed by atoms with van der Waals surface area (Å²) >= 11 is 3.41. The third-order valence-corrected chi connectivity index (χ3v) is 5.65. The van der Waals surface area contributed by atoms with Gasteiger partial charge in [-0.15, -0.1) is 0 Å². The van der Waals surface area contributed by atoms with Crippen molar-refractivity contribution in [1.82, 2.24) is 10.2 Å². The molecule has 0 aliphatic carbocycles. The van der Waals surface area contributed by atoms with Crippen LogP contribution in [0.5, 0.6) is 0 Å². The number of nitrogens with one attached hydrogen (secondary N) is 2. The lowest BCUT2D eigenvalue weighted by atomic mass is 10.2. The Hall–Kier alpha value is -0.630. The van der Waals surface area contributed by atoms with E-state index in [0.717, 1.165) is 36.2 Å². The van der Waals surface area contributed by atoms with Crippen LogP contribution < -0.4 is 10.0 Å². The van der Waals surface area contributed by atoms with E-state index in [-0.39, 0.29) is 5.75 Å². The Morgan fingerprint density at radius 3 is 2.75 bits per heavy atom. The first-order valence-electron chi connectivity index (χ1n) is 6.66. The molecule has 1 aliphatic heterocycles. The van der Waals surface area contributed by atoms with Crippen LogP contribution in [0.3, 0.4) is 0 Å². The van der Waals surface area contributed by atoms with Gasteiger partial charge in [0.25, 0.3) is 0 Å². The minimum atomic E-state index is -3.32. The summed E-state index contributed by atoms with van der Waals surface area (Å²) in [4.78, 5) is 2.17. The molecule has 0 amide bonds. The molecule has 5 nitrogen and oxygen atoms in total. The molecule has 1 saturated heterocycles. The molecule has 1 heterocycles. The average molecular weight is 362 g/mol. The lowest BCUT2D eigenvalue weighted by Crippen LogP contribution is -2.45. The highest BCUT2D eigenvalue weighted by Gasteiger charge is 2.16. The summed E-state index contributed by atoms with van der Waals surface area (Å²) in [6.45, 7) is 6.17. The van der Waals surface area contributed by atoms with E-state index in [1.165, 1.54) is 0 Å². The van der Waals surface area contributed by atoms with Crippen molar-refractivity contribution in [1.29, 1.82) is 0 Å². The van der Waals surface area contributed by atoms with Crippen molar-refractivity contribution in [3.63, 3.8) is 0 Å². The van der Waals surface area contributed by atoms with Crippen molar-refractivity contribution < 1.29 is 8.42 Å². The van der Waals surface area contributed by atoms with Gasteiger partial charge in [-0.05, 0) is 34.5 Å². The highest BCUT2D eigenvalue weighted by atomic mass is 79.9. The van der Waals surface area contributed by atoms with Crippen molar-refractivity contribution in [3.8, 4) is 0 Å². The van der Waals surface area contributed by atoms with Gasteiger partial charge in [-0.2, -0.15) is 0 Å². The Bertz CT molecular complexity index is 557. The second-order valence-electron chi connectivity index (χ2n) is 4.95. The number of nitrogens with zero attached hydrogens (tertiary/aromatic N) is 1. The molecule has 1 aromatic rings. The Balaban J connectivity index is 1.94. The third-order valence-electron chi connectivity index (χ3n) is 3.34. The highest BCUT2D eigenvalue weighted by Crippen LogP contribution is 2.26. The number of aryl methyl sites for hydroxylation is 1. The number of hydrogen-bond donors (Lipinski definition) is 2. The molecule has 7 heteroatoms. The summed E-state index contributed by atoms with van der Waals surface area (Å²) in [6, 6.07) is 5.54. The first-order valence-corrected chi connectivity index (χ1v) is 9.11. The van der Waals surface area contributed by atoms with Crippen LogP contribution in [0.1, 0.15) is 5.56 Å². The summed E-state index contributed by atoms with van der Waals surface area (Å²) in [5.41, 5.74) is 1.61. The van der Waals surface area contributed by atoms with Crippen molar-refractivity contribution in [2.45, 2.75) is 6.92 Å². The third kappa shape index (κ3) is 4.44. The van der Waals surface area contributed by atoms with E-state index < -0.39 is 10.0 Å². The average Bonchev–Trinajstić information content (AvgIpc) is 2.43. The second-order valence-corrected chi connectivity index (χ2v) is 7.58. The van der Waals surface area contributed by atoms with Gasteiger partial charge in [-0.25, -0.2) is 8.42 Å². The van der Waals surface area contributed by atoms with Crippen molar-refractivity contribution >= 4 is 31.6 Å². The van der Waals surface area contributed by atoms with Gasteiger partial charge in [0, 0.05) is 37.2 Å². The Morgan fingerprint density at radius 1 is 1.35 bits per heavy atom. The molecule has 0 atom stereocenters. The number of benzene rings is 1. The molecule has 0 saturated carbocycles. The van der Waals surface area contributed by atoms with Gasteiger partial charge in [0.05, 0.1) is 11.4 Å². The standard InChI is InChI=1S/C13H20BrN3O2S/c1-11-3-2-4-12(13(11)14)16-20(18,19)10-9-17-7-5-15-6-8-17/h2-4,15-16H,5-10H2,1H3. The number of hydrogen-bond acceptors (Lipinski definition) is 4. The van der Waals surface area contributed by atoms with E-state index in [1.807, 2.05) is 19.1 Å². The summed E-state index contributed by atoms with van der Waals surface area (Å²) in [5.74, 6) is 0.118. The summed E-state index contributed by atoms with van der Waals surface area (Å²) in [6.07, 6.45) is 0. The van der Waals surface area contributed by atoms with Crippen LogP contribution >= 0.6 is 15.9 Å². The number of rotatable bonds is 5. The van der Waals surface area contributed by atoms with Crippen molar-refractivity contribution in [2.75, 3.05) is 43.2 Å². The fourth-order valence-corrected chi connectivity index (χ4v) is 3.73. The maximum absolute atomic E-state index is 12.1. The van der Waals surface area contributed by atoms with E-state index in [1.54, 1.807) is 6.07 Å². The quantitative estimate of drug-likeness (QED) is 0.832. The van der Waals surface area contributed by atoms with Gasteiger partial charge in [-0.1, -0.05) is 12.1 Å². The van der Waals surface area contributed by atoms with Crippen LogP contribution in [0.4, 0.5) is 5.69 Å². The zero-order valence-electron chi connectivity index (χ0n) is 11.5. The molecule has 112 valence electrons. The Labute approximate surface area is 128 Å². The number of sulfonamides is 1. The molecule has 1 aromatic carbocycles. The highest BCUT2D eigenvalue weighted by molar-refractivity contribution is 9.10. The van der Waals surface area contributed by atoms with Crippen LogP contribution in [0, 0.1) is 6.92 Å². The minimum Gasteiger partial charge on any atom is -0.314 e. The maximum atomic E-state index is 12.1. The van der Waals surface area contributed by atoms with Crippen LogP contribution in [0.2, 0.25) is 0 Å². The summed E-state index contributed by atoms with van der Waals surface area (Å²) in [5, 5.41) is 3.25. The Kier molecular flexibility index (Phi) is 5.42. The maximum Gasteiger partial charge on any atom is 0.234 e. The molecule has 0 bridgehead atoms. The normalized spacial score (nSPS) is 17.1. The van der Waals surface area contributed by atoms with Gasteiger partial charge in [0.2, 0.25) is 10.0 Å². The van der Waals surface area contributed by atoms with Crippen LogP contribution in [0.15, 0.2) is 22.7 Å². The molecule has 2 rings (SSSR count). The predicted octanol–water partition coefficient (Wildman–Crippen LogP) is 1.40.